The predicted octanol–water partition coefficient (Wildman–Crippen LogP) is 3.18. The molecule has 0 radical (unpaired) electrons. The molecular weight excluding hydrogens is 208 g/mol. The van der Waals surface area contributed by atoms with Crippen molar-refractivity contribution in [1.29, 1.82) is 0 Å². The van der Waals surface area contributed by atoms with Gasteiger partial charge in [-0.1, -0.05) is 6.92 Å². The van der Waals surface area contributed by atoms with Crippen molar-refractivity contribution in [3.05, 3.63) is 24.0 Å². The van der Waals surface area contributed by atoms with Gasteiger partial charge in [0.2, 0.25) is 0 Å². The first-order valence-corrected chi connectivity index (χ1v) is 7.25. The smallest absolute Gasteiger partial charge is 0.0223 e. The summed E-state index contributed by atoms with van der Waals surface area (Å²) < 4.78 is 2.31. The Morgan fingerprint density at radius 2 is 2.00 bits per heavy atom. The lowest BCUT2D eigenvalue weighted by Gasteiger charge is -2.17. The second-order valence-electron chi connectivity index (χ2n) is 5.84. The van der Waals surface area contributed by atoms with Crippen LogP contribution in [0.2, 0.25) is 0 Å². The van der Waals surface area contributed by atoms with Crippen LogP contribution < -0.4 is 5.32 Å². The molecule has 0 atom stereocenters. The van der Waals surface area contributed by atoms with Crippen molar-refractivity contribution in [2.75, 3.05) is 0 Å². The highest BCUT2D eigenvalue weighted by Gasteiger charge is 2.40. The number of nitrogens with one attached hydrogen (secondary N) is 1. The average molecular weight is 232 g/mol. The van der Waals surface area contributed by atoms with E-state index in [1.807, 2.05) is 0 Å². The van der Waals surface area contributed by atoms with Crippen LogP contribution in [-0.4, -0.2) is 10.6 Å². The van der Waals surface area contributed by atoms with E-state index in [0.717, 1.165) is 31.0 Å². The molecule has 1 aromatic heterocycles. The van der Waals surface area contributed by atoms with Crippen LogP contribution in [-0.2, 0) is 13.1 Å². The summed E-state index contributed by atoms with van der Waals surface area (Å²) in [4.78, 5) is 0. The van der Waals surface area contributed by atoms with E-state index in [1.165, 1.54) is 37.7 Å². The third kappa shape index (κ3) is 2.92. The molecule has 0 amide bonds. The summed E-state index contributed by atoms with van der Waals surface area (Å²) in [6.07, 6.45) is 11.6. The average Bonchev–Trinajstić information content (AvgIpc) is 3.21. The van der Waals surface area contributed by atoms with Gasteiger partial charge in [0, 0.05) is 31.5 Å². The number of nitrogens with zero attached hydrogens (tertiary/aromatic N) is 1. The van der Waals surface area contributed by atoms with Gasteiger partial charge in [-0.15, -0.1) is 0 Å². The summed E-state index contributed by atoms with van der Waals surface area (Å²) in [6, 6.07) is 3.09. The molecule has 2 saturated carbocycles. The van der Waals surface area contributed by atoms with Gasteiger partial charge < -0.3 is 9.88 Å². The Bertz CT molecular complexity index is 349. The van der Waals surface area contributed by atoms with E-state index in [2.05, 4.69) is 35.3 Å². The molecule has 94 valence electrons. The molecule has 2 aliphatic carbocycles. The second-order valence-corrected chi connectivity index (χ2v) is 5.84. The third-order valence-electron chi connectivity index (χ3n) is 4.10. The van der Waals surface area contributed by atoms with Gasteiger partial charge in [-0.25, -0.2) is 0 Å². The molecule has 2 fully saturated rings. The fourth-order valence-electron chi connectivity index (χ4n) is 2.86. The lowest BCUT2D eigenvalue weighted by atomic mass is 10.1. The topological polar surface area (TPSA) is 17.0 Å². The zero-order valence-corrected chi connectivity index (χ0v) is 10.9. The molecule has 1 aromatic rings. The van der Waals surface area contributed by atoms with Crippen LogP contribution in [0.1, 0.15) is 44.6 Å². The third-order valence-corrected chi connectivity index (χ3v) is 4.10. The van der Waals surface area contributed by atoms with Crippen molar-refractivity contribution in [3.63, 3.8) is 0 Å². The maximum absolute atomic E-state index is 3.80. The summed E-state index contributed by atoms with van der Waals surface area (Å²) >= 11 is 0. The summed E-state index contributed by atoms with van der Waals surface area (Å²) in [5.74, 6) is 2.00. The zero-order chi connectivity index (χ0) is 11.7. The van der Waals surface area contributed by atoms with Gasteiger partial charge in [0.25, 0.3) is 0 Å². The van der Waals surface area contributed by atoms with Gasteiger partial charge in [0.05, 0.1) is 0 Å². The van der Waals surface area contributed by atoms with Gasteiger partial charge in [-0.2, -0.15) is 0 Å². The Morgan fingerprint density at radius 3 is 2.59 bits per heavy atom. The highest BCUT2D eigenvalue weighted by Crippen LogP contribution is 2.44. The summed E-state index contributed by atoms with van der Waals surface area (Å²) in [5, 5.41) is 3.80. The van der Waals surface area contributed by atoms with Gasteiger partial charge in [0.15, 0.2) is 0 Å². The van der Waals surface area contributed by atoms with Crippen molar-refractivity contribution >= 4 is 0 Å². The van der Waals surface area contributed by atoms with Crippen molar-refractivity contribution in [2.45, 2.75) is 58.2 Å². The first kappa shape index (κ1) is 11.3. The minimum atomic E-state index is 0.824. The lowest BCUT2D eigenvalue weighted by Crippen LogP contribution is -2.32. The quantitative estimate of drug-likeness (QED) is 0.764. The van der Waals surface area contributed by atoms with E-state index in [4.69, 9.17) is 0 Å². The van der Waals surface area contributed by atoms with Crippen LogP contribution in [0.5, 0.6) is 0 Å². The molecule has 0 saturated heterocycles. The summed E-state index contributed by atoms with van der Waals surface area (Å²) in [5.41, 5.74) is 1.45. The van der Waals surface area contributed by atoms with Crippen molar-refractivity contribution < 1.29 is 0 Å². The van der Waals surface area contributed by atoms with E-state index in [0.29, 0.717) is 0 Å². The monoisotopic (exact) mass is 232 g/mol. The molecule has 0 aromatic carbocycles. The van der Waals surface area contributed by atoms with Gasteiger partial charge >= 0.3 is 0 Å². The molecule has 2 aliphatic rings. The predicted molar refractivity (Wildman–Crippen MR) is 70.8 cm³/mol. The second kappa shape index (κ2) is 4.85. The van der Waals surface area contributed by atoms with Crippen LogP contribution in [0.25, 0.3) is 0 Å². The van der Waals surface area contributed by atoms with E-state index >= 15 is 0 Å². The number of hydrogen-bond acceptors (Lipinski definition) is 1. The van der Waals surface area contributed by atoms with E-state index in [-0.39, 0.29) is 0 Å². The first-order valence-electron chi connectivity index (χ1n) is 7.25. The highest BCUT2D eigenvalue weighted by atomic mass is 15.0. The van der Waals surface area contributed by atoms with E-state index in [9.17, 15) is 0 Å². The van der Waals surface area contributed by atoms with Crippen LogP contribution in [0, 0.1) is 11.8 Å². The molecule has 2 heteroatoms. The van der Waals surface area contributed by atoms with Crippen molar-refractivity contribution in [2.24, 2.45) is 11.8 Å². The molecule has 1 heterocycles. The highest BCUT2D eigenvalue weighted by molar-refractivity contribution is 5.11. The van der Waals surface area contributed by atoms with Crippen LogP contribution in [0.15, 0.2) is 18.5 Å². The van der Waals surface area contributed by atoms with Crippen LogP contribution >= 0.6 is 0 Å². The first-order chi connectivity index (χ1) is 8.36. The van der Waals surface area contributed by atoms with E-state index in [1.54, 1.807) is 0 Å². The molecule has 17 heavy (non-hydrogen) atoms. The normalized spacial score (nSPS) is 20.1. The minimum Gasteiger partial charge on any atom is -0.354 e. The number of rotatable bonds is 7. The fourth-order valence-corrected chi connectivity index (χ4v) is 2.86. The SMILES string of the molecule is CCCn1ccc(CNC(C2CC2)C2CC2)c1. The Balaban J connectivity index is 1.51. The summed E-state index contributed by atoms with van der Waals surface area (Å²) in [6.45, 7) is 4.44. The molecule has 0 bridgehead atoms. The number of aromatic nitrogens is 1. The van der Waals surface area contributed by atoms with Crippen LogP contribution in [0.3, 0.4) is 0 Å². The Labute approximate surface area is 104 Å². The van der Waals surface area contributed by atoms with Gasteiger partial charge in [0.1, 0.15) is 0 Å². The van der Waals surface area contributed by atoms with Gasteiger partial charge in [-0.3, -0.25) is 0 Å². The maximum atomic E-state index is 3.80. The van der Waals surface area contributed by atoms with Gasteiger partial charge in [-0.05, 0) is 55.6 Å². The molecule has 0 spiro atoms. The molecule has 0 unspecified atom stereocenters. The molecule has 3 rings (SSSR count). The maximum Gasteiger partial charge on any atom is 0.0223 e. The van der Waals surface area contributed by atoms with Crippen molar-refractivity contribution in [3.8, 4) is 0 Å². The Kier molecular flexibility index (Phi) is 3.24. The Hall–Kier alpha value is -0.760. The molecular formula is C15H24N2. The van der Waals surface area contributed by atoms with E-state index < -0.39 is 0 Å². The number of aryl methyl sites for hydroxylation is 1. The largest absolute Gasteiger partial charge is 0.354 e. The number of hydrogen-bond donors (Lipinski definition) is 1. The fraction of sp³-hybridized carbons (Fsp3) is 0.733. The lowest BCUT2D eigenvalue weighted by molar-refractivity contribution is 0.415. The van der Waals surface area contributed by atoms with Crippen molar-refractivity contribution in [1.82, 2.24) is 9.88 Å². The standard InChI is InChI=1S/C15H24N2/c1-2-8-17-9-7-12(11-17)10-16-15(13-3-4-13)14-5-6-14/h7,9,11,13-16H,2-6,8,10H2,1H3. The molecule has 1 N–H and O–H groups in total. The molecule has 2 nitrogen and oxygen atoms in total. The van der Waals surface area contributed by atoms with Crippen LogP contribution in [0.4, 0.5) is 0 Å². The zero-order valence-electron chi connectivity index (χ0n) is 10.9. The summed E-state index contributed by atoms with van der Waals surface area (Å²) in [7, 11) is 0. The molecule has 0 aliphatic heterocycles. The Morgan fingerprint density at radius 1 is 1.29 bits per heavy atom. The minimum absolute atomic E-state index is 0.824.